The van der Waals surface area contributed by atoms with Crippen molar-refractivity contribution < 1.29 is 41.0 Å². The number of aromatic hydroxyl groups is 1. The van der Waals surface area contributed by atoms with Crippen molar-refractivity contribution in [1.82, 2.24) is 20.1 Å². The minimum atomic E-state index is -5.10. The summed E-state index contributed by atoms with van der Waals surface area (Å²) in [6.07, 6.45) is -7.30. The Balaban J connectivity index is 1.57. The molecule has 46 heavy (non-hydrogen) atoms. The number of benzene rings is 2. The predicted octanol–water partition coefficient (Wildman–Crippen LogP) is 8.19. The fourth-order valence-electron chi connectivity index (χ4n) is 5.20. The summed E-state index contributed by atoms with van der Waals surface area (Å²) >= 11 is 1.03. The standard InChI is InChI=1S/C31H31F6N5O3S/c1-5-21-16-41(10-11-42(21)28(44)45-29(2,3)4)27-39-26(43)25(46-27)22(17-7-9-24-19(12-17)15-38-40-24)13-18-6-8-20(30(32,33)34)14-23(18)31(35,36)37/h6-9,12-15,21,43H,5,10-11,16H2,1-4H3,(H,38,40). The van der Waals surface area contributed by atoms with E-state index >= 15 is 0 Å². The van der Waals surface area contributed by atoms with Crippen LogP contribution in [0.1, 0.15) is 61.2 Å². The largest absolute Gasteiger partial charge is 0.492 e. The van der Waals surface area contributed by atoms with Crippen LogP contribution in [0.25, 0.3) is 22.6 Å². The van der Waals surface area contributed by atoms with Crippen molar-refractivity contribution in [3.63, 3.8) is 0 Å². The van der Waals surface area contributed by atoms with Gasteiger partial charge in [0.15, 0.2) is 5.13 Å². The molecule has 0 bridgehead atoms. The second-order valence-electron chi connectivity index (χ2n) is 11.9. The van der Waals surface area contributed by atoms with Crippen LogP contribution >= 0.6 is 11.3 Å². The fourth-order valence-corrected chi connectivity index (χ4v) is 6.23. The number of carbonyl (C=O) groups excluding carboxylic acids is 1. The molecule has 5 rings (SSSR count). The number of aromatic amines is 1. The zero-order chi connectivity index (χ0) is 33.6. The maximum Gasteiger partial charge on any atom is 0.417 e. The van der Waals surface area contributed by atoms with Gasteiger partial charge in [-0.3, -0.25) is 5.10 Å². The van der Waals surface area contributed by atoms with E-state index in [1.807, 2.05) is 11.8 Å². The van der Waals surface area contributed by atoms with Crippen molar-refractivity contribution in [2.24, 2.45) is 0 Å². The van der Waals surface area contributed by atoms with Crippen LogP contribution in [-0.2, 0) is 17.1 Å². The molecular formula is C31H31F6N5O3S. The second kappa shape index (κ2) is 12.2. The first-order valence-corrected chi connectivity index (χ1v) is 15.1. The van der Waals surface area contributed by atoms with Gasteiger partial charge in [0.25, 0.3) is 0 Å². The van der Waals surface area contributed by atoms with Crippen LogP contribution in [0, 0.1) is 0 Å². The Hall–Kier alpha value is -4.27. The molecule has 246 valence electrons. The molecule has 2 N–H and O–H groups in total. The van der Waals surface area contributed by atoms with E-state index in [9.17, 15) is 36.2 Å². The van der Waals surface area contributed by atoms with E-state index in [0.717, 1.165) is 23.5 Å². The van der Waals surface area contributed by atoms with Gasteiger partial charge in [0.2, 0.25) is 5.88 Å². The number of hydrogen-bond donors (Lipinski definition) is 2. The molecule has 1 atom stereocenters. The number of anilines is 1. The number of hydrogen-bond acceptors (Lipinski definition) is 7. The monoisotopic (exact) mass is 667 g/mol. The summed E-state index contributed by atoms with van der Waals surface area (Å²) in [5.74, 6) is -0.457. The van der Waals surface area contributed by atoms with Crippen LogP contribution < -0.4 is 4.90 Å². The van der Waals surface area contributed by atoms with Crippen LogP contribution in [0.3, 0.4) is 0 Å². The normalized spacial score (nSPS) is 16.7. The average molecular weight is 668 g/mol. The average Bonchev–Trinajstić information content (AvgIpc) is 3.59. The van der Waals surface area contributed by atoms with E-state index in [1.165, 1.54) is 6.20 Å². The first-order chi connectivity index (χ1) is 21.4. The molecule has 2 aromatic heterocycles. The van der Waals surface area contributed by atoms with Crippen molar-refractivity contribution >= 4 is 45.1 Å². The lowest BCUT2D eigenvalue weighted by atomic mass is 9.96. The molecular weight excluding hydrogens is 636 g/mol. The van der Waals surface area contributed by atoms with E-state index in [4.69, 9.17) is 4.74 Å². The number of nitrogens with one attached hydrogen (secondary N) is 1. The Morgan fingerprint density at radius 2 is 1.83 bits per heavy atom. The Morgan fingerprint density at radius 1 is 1.09 bits per heavy atom. The quantitative estimate of drug-likeness (QED) is 0.165. The molecule has 0 spiro atoms. The molecule has 3 heterocycles. The van der Waals surface area contributed by atoms with Crippen molar-refractivity contribution in [3.05, 3.63) is 69.7 Å². The topological polar surface area (TPSA) is 94.6 Å². The Kier molecular flexibility index (Phi) is 8.75. The van der Waals surface area contributed by atoms with Gasteiger partial charge in [-0.1, -0.05) is 30.4 Å². The van der Waals surface area contributed by atoms with E-state index in [-0.39, 0.29) is 22.6 Å². The first kappa shape index (κ1) is 33.1. The van der Waals surface area contributed by atoms with Crippen molar-refractivity contribution in [3.8, 4) is 5.88 Å². The SMILES string of the molecule is CCC1CN(c2nc(O)c(C(=Cc3ccc(C(F)(F)F)cc3C(F)(F)F)c3ccc4[nH]ncc4c3)s2)CCN1C(=O)OC(C)(C)C. The fraction of sp³-hybridized carbons (Fsp3) is 0.387. The smallest absolute Gasteiger partial charge is 0.417 e. The number of piperazine rings is 1. The molecule has 1 fully saturated rings. The number of amides is 1. The van der Waals surface area contributed by atoms with Crippen molar-refractivity contribution in [2.45, 2.75) is 58.1 Å². The summed E-state index contributed by atoms with van der Waals surface area (Å²) in [7, 11) is 0. The van der Waals surface area contributed by atoms with Gasteiger partial charge in [0.1, 0.15) is 10.5 Å². The molecule has 0 radical (unpaired) electrons. The Bertz CT molecular complexity index is 1770. The van der Waals surface area contributed by atoms with Gasteiger partial charge in [-0.15, -0.1) is 0 Å². The van der Waals surface area contributed by atoms with Crippen LogP contribution in [-0.4, -0.2) is 62.6 Å². The van der Waals surface area contributed by atoms with Gasteiger partial charge >= 0.3 is 18.4 Å². The number of rotatable bonds is 5. The van der Waals surface area contributed by atoms with Gasteiger partial charge < -0.3 is 19.6 Å². The number of nitrogens with zero attached hydrogens (tertiary/aromatic N) is 4. The molecule has 8 nitrogen and oxygen atoms in total. The third-order valence-corrected chi connectivity index (χ3v) is 8.57. The van der Waals surface area contributed by atoms with Crippen molar-refractivity contribution in [1.29, 1.82) is 0 Å². The van der Waals surface area contributed by atoms with E-state index in [1.54, 1.807) is 43.9 Å². The van der Waals surface area contributed by atoms with E-state index in [0.29, 0.717) is 53.7 Å². The summed E-state index contributed by atoms with van der Waals surface area (Å²) in [6, 6.07) is 6.11. The van der Waals surface area contributed by atoms with Gasteiger partial charge in [-0.05, 0) is 68.7 Å². The summed E-state index contributed by atoms with van der Waals surface area (Å²) in [6.45, 7) is 8.27. The number of H-pyrrole nitrogens is 1. The minimum Gasteiger partial charge on any atom is -0.492 e. The predicted molar refractivity (Wildman–Crippen MR) is 163 cm³/mol. The lowest BCUT2D eigenvalue weighted by molar-refractivity contribution is -0.143. The van der Waals surface area contributed by atoms with Crippen LogP contribution in [0.5, 0.6) is 5.88 Å². The van der Waals surface area contributed by atoms with E-state index in [2.05, 4.69) is 15.2 Å². The highest BCUT2D eigenvalue weighted by atomic mass is 32.1. The second-order valence-corrected chi connectivity index (χ2v) is 12.8. The number of fused-ring (bicyclic) bond motifs is 1. The zero-order valence-electron chi connectivity index (χ0n) is 25.3. The van der Waals surface area contributed by atoms with Gasteiger partial charge in [-0.25, -0.2) is 4.79 Å². The molecule has 1 aliphatic heterocycles. The molecule has 1 aliphatic rings. The van der Waals surface area contributed by atoms with Crippen LogP contribution in [0.4, 0.5) is 36.3 Å². The Morgan fingerprint density at radius 3 is 2.48 bits per heavy atom. The molecule has 0 aliphatic carbocycles. The van der Waals surface area contributed by atoms with Gasteiger partial charge in [-0.2, -0.15) is 36.4 Å². The van der Waals surface area contributed by atoms with Gasteiger partial charge in [0.05, 0.1) is 28.9 Å². The number of ether oxygens (including phenoxy) is 1. The maximum absolute atomic E-state index is 14.1. The molecule has 4 aromatic rings. The number of halogens is 6. The lowest BCUT2D eigenvalue weighted by Gasteiger charge is -2.41. The first-order valence-electron chi connectivity index (χ1n) is 14.3. The highest BCUT2D eigenvalue weighted by Gasteiger charge is 2.38. The lowest BCUT2D eigenvalue weighted by Crippen LogP contribution is -2.56. The molecule has 1 amide bonds. The van der Waals surface area contributed by atoms with Gasteiger partial charge in [0, 0.05) is 30.6 Å². The third-order valence-electron chi connectivity index (χ3n) is 7.43. The third kappa shape index (κ3) is 7.08. The maximum atomic E-state index is 14.1. The van der Waals surface area contributed by atoms with Crippen molar-refractivity contribution in [2.75, 3.05) is 24.5 Å². The Labute approximate surface area is 264 Å². The summed E-state index contributed by atoms with van der Waals surface area (Å²) in [5.41, 5.74) is -2.95. The highest BCUT2D eigenvalue weighted by molar-refractivity contribution is 7.17. The highest BCUT2D eigenvalue weighted by Crippen LogP contribution is 2.43. The molecule has 1 unspecified atom stereocenters. The molecule has 15 heteroatoms. The number of aromatic nitrogens is 3. The molecule has 2 aromatic carbocycles. The van der Waals surface area contributed by atoms with E-state index < -0.39 is 46.6 Å². The summed E-state index contributed by atoms with van der Waals surface area (Å²) in [4.78, 5) is 20.8. The summed E-state index contributed by atoms with van der Waals surface area (Å²) < 4.78 is 87.9. The summed E-state index contributed by atoms with van der Waals surface area (Å²) in [5, 5.41) is 18.8. The molecule has 1 saturated heterocycles. The minimum absolute atomic E-state index is 0.0791. The number of carbonyl (C=O) groups is 1. The number of alkyl halides is 6. The molecule has 0 saturated carbocycles. The zero-order valence-corrected chi connectivity index (χ0v) is 26.1. The number of thiazole rings is 1. The van der Waals surface area contributed by atoms with Crippen LogP contribution in [0.15, 0.2) is 42.6 Å². The van der Waals surface area contributed by atoms with Crippen LogP contribution in [0.2, 0.25) is 0 Å².